The van der Waals surface area contributed by atoms with Crippen LogP contribution in [0.4, 0.5) is 0 Å². The predicted octanol–water partition coefficient (Wildman–Crippen LogP) is 3.88. The van der Waals surface area contributed by atoms with Gasteiger partial charge in [-0.15, -0.1) is 0 Å². The second kappa shape index (κ2) is 10.8. The molecule has 0 spiro atoms. The maximum absolute atomic E-state index is 5.97. The van der Waals surface area contributed by atoms with Crippen LogP contribution in [0.1, 0.15) is 24.6 Å². The Morgan fingerprint density at radius 1 is 1.10 bits per heavy atom. The average Bonchev–Trinajstić information content (AvgIpc) is 3.48. The first kappa shape index (κ1) is 21.1. The Hall–Kier alpha value is -3.12. The summed E-state index contributed by atoms with van der Waals surface area (Å²) in [5.74, 6) is 1.49. The summed E-state index contributed by atoms with van der Waals surface area (Å²) in [5, 5.41) is 8.10. The molecular weight excluding hydrogens is 386 g/mol. The van der Waals surface area contributed by atoms with Crippen molar-refractivity contribution in [1.29, 1.82) is 0 Å². The SMILES string of the molecule is CCNC(=NCc1ccn(-c2ccccc2)n1)N1CCC(COCc2ccccc2)C1. The molecule has 2 aromatic carbocycles. The Bertz CT molecular complexity index is 954. The third-order valence-corrected chi connectivity index (χ3v) is 5.44. The van der Waals surface area contributed by atoms with Gasteiger partial charge in [-0.1, -0.05) is 48.5 Å². The Kier molecular flexibility index (Phi) is 7.34. The minimum Gasteiger partial charge on any atom is -0.376 e. The van der Waals surface area contributed by atoms with Gasteiger partial charge in [0.15, 0.2) is 5.96 Å². The lowest BCUT2D eigenvalue weighted by molar-refractivity contribution is 0.0906. The van der Waals surface area contributed by atoms with E-state index >= 15 is 0 Å². The minimum absolute atomic E-state index is 0.532. The molecule has 3 aromatic rings. The maximum Gasteiger partial charge on any atom is 0.194 e. The van der Waals surface area contributed by atoms with E-state index in [0.29, 0.717) is 19.1 Å². The monoisotopic (exact) mass is 417 g/mol. The Labute approximate surface area is 184 Å². The van der Waals surface area contributed by atoms with E-state index in [-0.39, 0.29) is 0 Å². The summed E-state index contributed by atoms with van der Waals surface area (Å²) in [5.41, 5.74) is 3.24. The van der Waals surface area contributed by atoms with Gasteiger partial charge in [0.2, 0.25) is 0 Å². The number of aliphatic imine (C=N–C) groups is 1. The van der Waals surface area contributed by atoms with Gasteiger partial charge in [0.05, 0.1) is 31.1 Å². The van der Waals surface area contributed by atoms with Gasteiger partial charge in [-0.2, -0.15) is 5.10 Å². The number of guanidine groups is 1. The van der Waals surface area contributed by atoms with E-state index in [1.165, 1.54) is 5.56 Å². The van der Waals surface area contributed by atoms with Gasteiger partial charge < -0.3 is 15.0 Å². The van der Waals surface area contributed by atoms with Crippen molar-refractivity contribution in [3.8, 4) is 5.69 Å². The Balaban J connectivity index is 1.30. The quantitative estimate of drug-likeness (QED) is 0.446. The highest BCUT2D eigenvalue weighted by Crippen LogP contribution is 2.18. The molecule has 2 heterocycles. The number of hydrogen-bond acceptors (Lipinski definition) is 3. The Morgan fingerprint density at radius 2 is 1.87 bits per heavy atom. The van der Waals surface area contributed by atoms with Crippen molar-refractivity contribution in [1.82, 2.24) is 20.0 Å². The molecule has 1 aromatic heterocycles. The molecule has 162 valence electrons. The van der Waals surface area contributed by atoms with Gasteiger partial charge in [-0.05, 0) is 37.1 Å². The number of nitrogens with one attached hydrogen (secondary N) is 1. The van der Waals surface area contributed by atoms with Crippen LogP contribution in [0.25, 0.3) is 5.69 Å². The number of likely N-dealkylation sites (tertiary alicyclic amines) is 1. The van der Waals surface area contributed by atoms with E-state index < -0.39 is 0 Å². The molecule has 1 aliphatic heterocycles. The van der Waals surface area contributed by atoms with Crippen molar-refractivity contribution in [2.75, 3.05) is 26.2 Å². The van der Waals surface area contributed by atoms with Gasteiger partial charge in [-0.25, -0.2) is 9.67 Å². The molecule has 6 heteroatoms. The number of hydrogen-bond donors (Lipinski definition) is 1. The molecule has 4 rings (SSSR count). The van der Waals surface area contributed by atoms with Crippen molar-refractivity contribution in [2.24, 2.45) is 10.9 Å². The number of rotatable bonds is 8. The fourth-order valence-electron chi connectivity index (χ4n) is 3.83. The van der Waals surface area contributed by atoms with Gasteiger partial charge >= 0.3 is 0 Å². The predicted molar refractivity (Wildman–Crippen MR) is 124 cm³/mol. The number of para-hydroxylation sites is 1. The number of ether oxygens (including phenoxy) is 1. The number of aromatic nitrogens is 2. The normalized spacial score (nSPS) is 16.6. The molecule has 6 nitrogen and oxygen atoms in total. The zero-order chi connectivity index (χ0) is 21.3. The van der Waals surface area contributed by atoms with Gasteiger partial charge in [0.25, 0.3) is 0 Å². The minimum atomic E-state index is 0.532. The molecule has 0 bridgehead atoms. The van der Waals surface area contributed by atoms with Crippen LogP contribution in [0.3, 0.4) is 0 Å². The van der Waals surface area contributed by atoms with Crippen LogP contribution in [-0.2, 0) is 17.9 Å². The topological polar surface area (TPSA) is 54.7 Å². The fraction of sp³-hybridized carbons (Fsp3) is 0.360. The van der Waals surface area contributed by atoms with Crippen LogP contribution in [0.2, 0.25) is 0 Å². The largest absolute Gasteiger partial charge is 0.376 e. The summed E-state index contributed by atoms with van der Waals surface area (Å²) < 4.78 is 7.86. The van der Waals surface area contributed by atoms with Crippen LogP contribution < -0.4 is 5.32 Å². The van der Waals surface area contributed by atoms with Crippen LogP contribution in [-0.4, -0.2) is 46.9 Å². The second-order valence-electron chi connectivity index (χ2n) is 7.86. The molecular formula is C25H31N5O. The van der Waals surface area contributed by atoms with Crippen LogP contribution in [0.15, 0.2) is 77.9 Å². The average molecular weight is 418 g/mol. The molecule has 1 saturated heterocycles. The summed E-state index contributed by atoms with van der Waals surface area (Å²) in [6, 6.07) is 22.5. The standard InChI is InChI=1S/C25H31N5O/c1-2-26-25(27-17-23-14-16-30(28-23)24-11-7-4-8-12-24)29-15-13-22(18-29)20-31-19-21-9-5-3-6-10-21/h3-12,14,16,22H,2,13,15,17-20H2,1H3,(H,26,27). The lowest BCUT2D eigenvalue weighted by Crippen LogP contribution is -2.40. The van der Waals surface area contributed by atoms with E-state index in [1.54, 1.807) is 0 Å². The van der Waals surface area contributed by atoms with E-state index in [2.05, 4.69) is 46.5 Å². The van der Waals surface area contributed by atoms with Gasteiger partial charge in [-0.3, -0.25) is 0 Å². The zero-order valence-electron chi connectivity index (χ0n) is 18.2. The summed E-state index contributed by atoms with van der Waals surface area (Å²) in [7, 11) is 0. The molecule has 1 unspecified atom stereocenters. The van der Waals surface area contributed by atoms with Gasteiger partial charge in [0, 0.05) is 31.7 Å². The zero-order valence-corrected chi connectivity index (χ0v) is 18.2. The molecule has 1 atom stereocenters. The van der Waals surface area contributed by atoms with Crippen LogP contribution in [0, 0.1) is 5.92 Å². The second-order valence-corrected chi connectivity index (χ2v) is 7.86. The summed E-state index contributed by atoms with van der Waals surface area (Å²) in [4.78, 5) is 7.19. The summed E-state index contributed by atoms with van der Waals surface area (Å²) in [6.07, 6.45) is 3.12. The molecule has 0 amide bonds. The summed E-state index contributed by atoms with van der Waals surface area (Å²) >= 11 is 0. The van der Waals surface area contributed by atoms with Crippen LogP contribution >= 0.6 is 0 Å². The first-order valence-electron chi connectivity index (χ1n) is 11.1. The third kappa shape index (κ3) is 5.95. The molecule has 31 heavy (non-hydrogen) atoms. The van der Waals surface area contributed by atoms with E-state index in [9.17, 15) is 0 Å². The number of nitrogens with zero attached hydrogens (tertiary/aromatic N) is 4. The molecule has 1 fully saturated rings. The van der Waals surface area contributed by atoms with Crippen molar-refractivity contribution in [3.05, 3.63) is 84.2 Å². The van der Waals surface area contributed by atoms with E-state index in [4.69, 9.17) is 9.73 Å². The van der Waals surface area contributed by atoms with Gasteiger partial charge in [0.1, 0.15) is 0 Å². The highest BCUT2D eigenvalue weighted by molar-refractivity contribution is 5.80. The highest BCUT2D eigenvalue weighted by Gasteiger charge is 2.25. The lowest BCUT2D eigenvalue weighted by Gasteiger charge is -2.21. The molecule has 1 N–H and O–H groups in total. The Morgan fingerprint density at radius 3 is 2.65 bits per heavy atom. The highest BCUT2D eigenvalue weighted by atomic mass is 16.5. The maximum atomic E-state index is 5.97. The first-order chi connectivity index (χ1) is 15.3. The number of benzene rings is 2. The van der Waals surface area contributed by atoms with Crippen molar-refractivity contribution >= 4 is 5.96 Å². The fourth-order valence-corrected chi connectivity index (χ4v) is 3.83. The third-order valence-electron chi connectivity index (χ3n) is 5.44. The lowest BCUT2D eigenvalue weighted by atomic mass is 10.1. The molecule has 0 saturated carbocycles. The van der Waals surface area contributed by atoms with Crippen molar-refractivity contribution in [2.45, 2.75) is 26.5 Å². The molecule has 0 radical (unpaired) electrons. The molecule has 1 aliphatic rings. The van der Waals surface area contributed by atoms with E-state index in [0.717, 1.165) is 50.0 Å². The summed E-state index contributed by atoms with van der Waals surface area (Å²) in [6.45, 7) is 6.96. The van der Waals surface area contributed by atoms with Crippen LogP contribution in [0.5, 0.6) is 0 Å². The first-order valence-corrected chi connectivity index (χ1v) is 11.1. The van der Waals surface area contributed by atoms with Crippen molar-refractivity contribution in [3.63, 3.8) is 0 Å². The molecule has 0 aliphatic carbocycles. The van der Waals surface area contributed by atoms with Crippen molar-refractivity contribution < 1.29 is 4.74 Å². The smallest absolute Gasteiger partial charge is 0.194 e. The van der Waals surface area contributed by atoms with E-state index in [1.807, 2.05) is 53.3 Å².